The number of hydrogen-bond donors (Lipinski definition) is 1. The Morgan fingerprint density at radius 3 is 2.81 bits per heavy atom. The summed E-state index contributed by atoms with van der Waals surface area (Å²) in [5.74, 6) is -0.0768. The number of hydrogen-bond acceptors (Lipinski definition) is 4. The topological polar surface area (TPSA) is 60.1 Å². The van der Waals surface area contributed by atoms with E-state index in [1.165, 1.54) is 6.07 Å². The quantitative estimate of drug-likeness (QED) is 0.441. The van der Waals surface area contributed by atoms with E-state index in [4.69, 9.17) is 15.3 Å². The van der Waals surface area contributed by atoms with Crippen LogP contribution in [0, 0.1) is 5.82 Å². The minimum absolute atomic E-state index is 0.0211. The highest BCUT2D eigenvalue weighted by Crippen LogP contribution is 2.16. The Bertz CT molecular complexity index is 779. The van der Waals surface area contributed by atoms with Crippen LogP contribution >= 0.6 is 15.9 Å². The van der Waals surface area contributed by atoms with Gasteiger partial charge in [0.05, 0.1) is 13.2 Å². The minimum Gasteiger partial charge on any atom is -0.389 e. The smallest absolute Gasteiger partial charge is 0.170 e. The molecule has 26 heavy (non-hydrogen) atoms. The number of morpholine rings is 1. The van der Waals surface area contributed by atoms with Crippen LogP contribution in [0.25, 0.3) is 0 Å². The minimum atomic E-state index is -0.347. The fraction of sp³-hybridized carbons (Fsp3) is 0.316. The van der Waals surface area contributed by atoms with E-state index in [-0.39, 0.29) is 18.3 Å². The normalized spacial score (nSPS) is 15.8. The van der Waals surface area contributed by atoms with Crippen molar-refractivity contribution in [2.75, 3.05) is 26.3 Å². The first kappa shape index (κ1) is 18.8. The lowest BCUT2D eigenvalue weighted by Crippen LogP contribution is -2.35. The molecule has 2 aromatic rings. The van der Waals surface area contributed by atoms with Crippen molar-refractivity contribution >= 4 is 21.8 Å². The summed E-state index contributed by atoms with van der Waals surface area (Å²) in [7, 11) is 0. The second-order valence-electron chi connectivity index (χ2n) is 6.07. The van der Waals surface area contributed by atoms with Gasteiger partial charge in [-0.05, 0) is 23.8 Å². The molecule has 0 aromatic heterocycles. The van der Waals surface area contributed by atoms with Gasteiger partial charge in [0, 0.05) is 35.2 Å². The van der Waals surface area contributed by atoms with Gasteiger partial charge in [0.15, 0.2) is 5.84 Å². The predicted molar refractivity (Wildman–Crippen MR) is 102 cm³/mol. The third-order valence-corrected chi connectivity index (χ3v) is 4.62. The highest BCUT2D eigenvalue weighted by molar-refractivity contribution is 9.10. The number of amidine groups is 1. The average Bonchev–Trinajstić information content (AvgIpc) is 2.64. The molecule has 0 amide bonds. The first-order chi connectivity index (χ1) is 12.6. The summed E-state index contributed by atoms with van der Waals surface area (Å²) in [6.07, 6.45) is 0. The molecule has 1 aliphatic heterocycles. The number of ether oxygens (including phenoxy) is 1. The number of rotatable bonds is 6. The monoisotopic (exact) mass is 421 g/mol. The molecule has 2 N–H and O–H groups in total. The molecule has 5 nitrogen and oxygen atoms in total. The molecular weight excluding hydrogens is 401 g/mol. The molecule has 138 valence electrons. The van der Waals surface area contributed by atoms with Crippen LogP contribution in [-0.4, -0.2) is 37.0 Å². The molecule has 2 aromatic carbocycles. The molecule has 0 aliphatic carbocycles. The van der Waals surface area contributed by atoms with Gasteiger partial charge in [-0.3, -0.25) is 4.90 Å². The van der Waals surface area contributed by atoms with Gasteiger partial charge in [0.1, 0.15) is 12.4 Å². The predicted octanol–water partition coefficient (Wildman–Crippen LogP) is 3.26. The molecule has 7 heteroatoms. The van der Waals surface area contributed by atoms with Gasteiger partial charge < -0.3 is 15.3 Å². The van der Waals surface area contributed by atoms with E-state index < -0.39 is 0 Å². The van der Waals surface area contributed by atoms with E-state index in [0.717, 1.165) is 44.0 Å². The Morgan fingerprint density at radius 1 is 1.23 bits per heavy atom. The third kappa shape index (κ3) is 5.27. The summed E-state index contributed by atoms with van der Waals surface area (Å²) in [4.78, 5) is 7.56. The standard InChI is InChI=1S/C19H21BrFN3O2/c20-17-5-4-16(18(21)11-17)13-26-23-19(22)15-3-1-2-14(10-15)12-24-6-8-25-9-7-24/h1-5,10-11H,6-9,12-13H2,(H2,22,23). The molecule has 0 spiro atoms. The van der Waals surface area contributed by atoms with Crippen molar-refractivity contribution in [1.29, 1.82) is 0 Å². The van der Waals surface area contributed by atoms with E-state index in [0.29, 0.717) is 10.0 Å². The maximum atomic E-state index is 13.8. The van der Waals surface area contributed by atoms with E-state index in [1.54, 1.807) is 12.1 Å². The Balaban J connectivity index is 1.60. The zero-order chi connectivity index (χ0) is 18.4. The summed E-state index contributed by atoms with van der Waals surface area (Å²) < 4.78 is 19.8. The summed E-state index contributed by atoms with van der Waals surface area (Å²) in [6.45, 7) is 4.25. The highest BCUT2D eigenvalue weighted by atomic mass is 79.9. The van der Waals surface area contributed by atoms with Gasteiger partial charge in [-0.25, -0.2) is 4.39 Å². The Hall–Kier alpha value is -1.96. The lowest BCUT2D eigenvalue weighted by Gasteiger charge is -2.26. The first-order valence-corrected chi connectivity index (χ1v) is 9.20. The summed E-state index contributed by atoms with van der Waals surface area (Å²) >= 11 is 3.22. The SMILES string of the molecule is N/C(=N/OCc1ccc(Br)cc1F)c1cccc(CN2CCOCC2)c1. The van der Waals surface area contributed by atoms with Crippen LogP contribution in [0.2, 0.25) is 0 Å². The van der Waals surface area contributed by atoms with E-state index in [9.17, 15) is 4.39 Å². The van der Waals surface area contributed by atoms with Crippen molar-refractivity contribution in [1.82, 2.24) is 4.90 Å². The lowest BCUT2D eigenvalue weighted by molar-refractivity contribution is 0.0342. The zero-order valence-electron chi connectivity index (χ0n) is 14.3. The molecule has 1 fully saturated rings. The summed E-state index contributed by atoms with van der Waals surface area (Å²) in [5.41, 5.74) is 8.37. The number of benzene rings is 2. The van der Waals surface area contributed by atoms with Crippen LogP contribution in [0.15, 0.2) is 52.1 Å². The maximum Gasteiger partial charge on any atom is 0.170 e. The van der Waals surface area contributed by atoms with Crippen molar-refractivity contribution in [3.05, 3.63) is 69.4 Å². The molecular formula is C19H21BrFN3O2. The molecule has 3 rings (SSSR count). The van der Waals surface area contributed by atoms with Gasteiger partial charge >= 0.3 is 0 Å². The van der Waals surface area contributed by atoms with Crippen molar-refractivity contribution < 1.29 is 14.0 Å². The first-order valence-electron chi connectivity index (χ1n) is 8.40. The van der Waals surface area contributed by atoms with Crippen LogP contribution in [0.1, 0.15) is 16.7 Å². The molecule has 0 unspecified atom stereocenters. The van der Waals surface area contributed by atoms with Gasteiger partial charge in [0.25, 0.3) is 0 Å². The third-order valence-electron chi connectivity index (χ3n) is 4.13. The van der Waals surface area contributed by atoms with Crippen molar-refractivity contribution in [2.45, 2.75) is 13.2 Å². The van der Waals surface area contributed by atoms with Gasteiger partial charge in [-0.1, -0.05) is 45.4 Å². The largest absolute Gasteiger partial charge is 0.389 e. The Kier molecular flexibility index (Phi) is 6.60. The molecule has 0 radical (unpaired) electrons. The van der Waals surface area contributed by atoms with Gasteiger partial charge in [0.2, 0.25) is 0 Å². The number of nitrogens with two attached hydrogens (primary N) is 1. The molecule has 0 atom stereocenters. The zero-order valence-corrected chi connectivity index (χ0v) is 15.9. The van der Waals surface area contributed by atoms with Crippen molar-refractivity contribution in [3.63, 3.8) is 0 Å². The van der Waals surface area contributed by atoms with Crippen LogP contribution in [-0.2, 0) is 22.7 Å². The van der Waals surface area contributed by atoms with Crippen molar-refractivity contribution in [2.24, 2.45) is 10.9 Å². The highest BCUT2D eigenvalue weighted by Gasteiger charge is 2.11. The van der Waals surface area contributed by atoms with Crippen molar-refractivity contribution in [3.8, 4) is 0 Å². The molecule has 0 saturated carbocycles. The van der Waals surface area contributed by atoms with E-state index in [2.05, 4.69) is 32.1 Å². The van der Waals surface area contributed by atoms with Crippen LogP contribution in [0.3, 0.4) is 0 Å². The average molecular weight is 422 g/mol. The number of halogens is 2. The Morgan fingerprint density at radius 2 is 2.04 bits per heavy atom. The second-order valence-corrected chi connectivity index (χ2v) is 6.99. The second kappa shape index (κ2) is 9.12. The van der Waals surface area contributed by atoms with Gasteiger partial charge in [-0.15, -0.1) is 0 Å². The fourth-order valence-electron chi connectivity index (χ4n) is 2.71. The van der Waals surface area contributed by atoms with E-state index >= 15 is 0 Å². The number of oxime groups is 1. The number of nitrogens with zero attached hydrogens (tertiary/aromatic N) is 2. The summed E-state index contributed by atoms with van der Waals surface area (Å²) in [6, 6.07) is 12.7. The van der Waals surface area contributed by atoms with Crippen LogP contribution < -0.4 is 5.73 Å². The Labute approximate surface area is 160 Å². The lowest BCUT2D eigenvalue weighted by atomic mass is 10.1. The molecule has 0 bridgehead atoms. The van der Waals surface area contributed by atoms with Crippen LogP contribution in [0.4, 0.5) is 4.39 Å². The maximum absolute atomic E-state index is 13.8. The fourth-order valence-corrected chi connectivity index (χ4v) is 3.04. The molecule has 1 heterocycles. The summed E-state index contributed by atoms with van der Waals surface area (Å²) in [5, 5.41) is 3.92. The van der Waals surface area contributed by atoms with E-state index in [1.807, 2.05) is 18.2 Å². The van der Waals surface area contributed by atoms with Gasteiger partial charge in [-0.2, -0.15) is 0 Å². The molecule has 1 aliphatic rings. The van der Waals surface area contributed by atoms with Crippen LogP contribution in [0.5, 0.6) is 0 Å². The molecule has 1 saturated heterocycles.